The Hall–Kier alpha value is -2.51. The highest BCUT2D eigenvalue weighted by molar-refractivity contribution is 7.89. The Morgan fingerprint density at radius 3 is 2.14 bits per heavy atom. The van der Waals surface area contributed by atoms with Crippen molar-refractivity contribution in [3.05, 3.63) is 64.2 Å². The van der Waals surface area contributed by atoms with Crippen molar-refractivity contribution in [1.82, 2.24) is 4.72 Å². The van der Waals surface area contributed by atoms with Crippen LogP contribution in [0.4, 0.5) is 0 Å². The molecule has 0 heterocycles. The van der Waals surface area contributed by atoms with Crippen molar-refractivity contribution in [3.63, 3.8) is 0 Å². The fourth-order valence-electron chi connectivity index (χ4n) is 3.18. The molecule has 1 N–H and O–H groups in total. The van der Waals surface area contributed by atoms with Crippen molar-refractivity contribution in [3.8, 4) is 0 Å². The van der Waals surface area contributed by atoms with Gasteiger partial charge in [-0.2, -0.15) is 0 Å². The van der Waals surface area contributed by atoms with Crippen molar-refractivity contribution in [2.45, 2.75) is 45.4 Å². The zero-order valence-electron chi connectivity index (χ0n) is 17.2. The van der Waals surface area contributed by atoms with Crippen LogP contribution in [0.15, 0.2) is 41.3 Å². The third-order valence-electron chi connectivity index (χ3n) is 4.54. The topological polar surface area (TPSA) is 89.5 Å². The Bertz CT molecular complexity index is 971. The van der Waals surface area contributed by atoms with Crippen LogP contribution < -0.4 is 4.72 Å². The smallest absolute Gasteiger partial charge is 0.307 e. The van der Waals surface area contributed by atoms with Gasteiger partial charge in [0.25, 0.3) is 0 Å². The first-order chi connectivity index (χ1) is 13.6. The highest BCUT2D eigenvalue weighted by Crippen LogP contribution is 2.21. The lowest BCUT2D eigenvalue weighted by molar-refractivity contribution is -0.142. The molecule has 0 aromatic heterocycles. The molecule has 2 aromatic carbocycles. The number of carbonyl (C=O) groups excluding carboxylic acids is 2. The molecule has 0 aliphatic heterocycles. The summed E-state index contributed by atoms with van der Waals surface area (Å²) in [4.78, 5) is 24.2. The molecule has 0 fully saturated rings. The van der Waals surface area contributed by atoms with E-state index in [1.54, 1.807) is 38.1 Å². The van der Waals surface area contributed by atoms with Crippen LogP contribution in [0.25, 0.3) is 0 Å². The van der Waals surface area contributed by atoms with E-state index in [0.717, 1.165) is 17.5 Å². The molecular weight excluding hydrogens is 390 g/mol. The van der Waals surface area contributed by atoms with Crippen LogP contribution in [0, 0.1) is 20.8 Å². The number of hydrogen-bond donors (Lipinski definition) is 1. The summed E-state index contributed by atoms with van der Waals surface area (Å²) >= 11 is 0. The van der Waals surface area contributed by atoms with Crippen LogP contribution in [-0.4, -0.2) is 33.3 Å². The van der Waals surface area contributed by atoms with Crippen molar-refractivity contribution in [2.75, 3.05) is 13.2 Å². The van der Waals surface area contributed by atoms with Crippen molar-refractivity contribution in [1.29, 1.82) is 0 Å². The Morgan fingerprint density at radius 1 is 1.00 bits per heavy atom. The van der Waals surface area contributed by atoms with Gasteiger partial charge in [-0.25, -0.2) is 13.1 Å². The molecule has 2 aromatic rings. The standard InChI is InChI=1S/C22H27NO5S/c1-5-18-6-8-19(9-7-18)20(24)14-28-21(25)10-11-23-29(26,27)22-16(3)12-15(2)13-17(22)4/h6-9,12-13,23H,5,10-11,14H2,1-4H3. The number of sulfonamides is 1. The molecule has 0 aliphatic rings. The van der Waals surface area contributed by atoms with Gasteiger partial charge in [0.05, 0.1) is 11.3 Å². The van der Waals surface area contributed by atoms with Crippen molar-refractivity contribution in [2.24, 2.45) is 0 Å². The normalized spacial score (nSPS) is 11.3. The van der Waals surface area contributed by atoms with Gasteiger partial charge in [-0.15, -0.1) is 0 Å². The Kier molecular flexibility index (Phi) is 7.70. The van der Waals surface area contributed by atoms with Gasteiger partial charge in [-0.05, 0) is 43.9 Å². The first-order valence-corrected chi connectivity index (χ1v) is 11.0. The van der Waals surface area contributed by atoms with Crippen LogP contribution in [0.1, 0.15) is 46.0 Å². The zero-order valence-corrected chi connectivity index (χ0v) is 18.1. The monoisotopic (exact) mass is 417 g/mol. The molecule has 29 heavy (non-hydrogen) atoms. The molecule has 0 aliphatic carbocycles. The summed E-state index contributed by atoms with van der Waals surface area (Å²) in [7, 11) is -3.74. The molecule has 156 valence electrons. The minimum atomic E-state index is -3.74. The van der Waals surface area contributed by atoms with Gasteiger partial charge < -0.3 is 4.74 Å². The Morgan fingerprint density at radius 2 is 1.59 bits per heavy atom. The summed E-state index contributed by atoms with van der Waals surface area (Å²) in [6.45, 7) is 6.93. The number of aryl methyl sites for hydroxylation is 4. The molecule has 0 saturated heterocycles. The van der Waals surface area contributed by atoms with E-state index in [-0.39, 0.29) is 30.3 Å². The van der Waals surface area contributed by atoms with Gasteiger partial charge in [-0.1, -0.05) is 48.9 Å². The highest BCUT2D eigenvalue weighted by atomic mass is 32.2. The quantitative estimate of drug-likeness (QED) is 0.500. The second kappa shape index (κ2) is 9.80. The second-order valence-electron chi connectivity index (χ2n) is 7.01. The number of nitrogens with one attached hydrogen (secondary N) is 1. The lowest BCUT2D eigenvalue weighted by Crippen LogP contribution is -2.28. The van der Waals surface area contributed by atoms with Crippen molar-refractivity contribution < 1.29 is 22.7 Å². The van der Waals surface area contributed by atoms with Crippen LogP contribution >= 0.6 is 0 Å². The molecule has 2 rings (SSSR count). The maximum atomic E-state index is 12.6. The number of ether oxygens (including phenoxy) is 1. The predicted molar refractivity (Wildman–Crippen MR) is 112 cm³/mol. The van der Waals surface area contributed by atoms with Crippen LogP contribution in [0.2, 0.25) is 0 Å². The highest BCUT2D eigenvalue weighted by Gasteiger charge is 2.20. The minimum Gasteiger partial charge on any atom is -0.457 e. The fourth-order valence-corrected chi connectivity index (χ4v) is 4.66. The SMILES string of the molecule is CCc1ccc(C(=O)COC(=O)CCNS(=O)(=O)c2c(C)cc(C)cc2C)cc1. The average Bonchev–Trinajstić information content (AvgIpc) is 2.65. The van der Waals surface area contributed by atoms with E-state index >= 15 is 0 Å². The average molecular weight is 418 g/mol. The number of esters is 1. The molecule has 0 atom stereocenters. The third kappa shape index (κ3) is 6.24. The van der Waals surface area contributed by atoms with E-state index in [1.807, 2.05) is 26.0 Å². The summed E-state index contributed by atoms with van der Waals surface area (Å²) in [6.07, 6.45) is 0.715. The van der Waals surface area contributed by atoms with Crippen LogP contribution in [-0.2, 0) is 26.0 Å². The molecule has 0 amide bonds. The van der Waals surface area contributed by atoms with E-state index < -0.39 is 16.0 Å². The summed E-state index contributed by atoms with van der Waals surface area (Å²) in [5.74, 6) is -0.934. The molecule has 0 spiro atoms. The number of benzene rings is 2. The van der Waals surface area contributed by atoms with E-state index in [4.69, 9.17) is 4.74 Å². The molecule has 0 unspecified atom stereocenters. The number of hydrogen-bond acceptors (Lipinski definition) is 5. The van der Waals surface area contributed by atoms with E-state index in [1.165, 1.54) is 0 Å². The maximum absolute atomic E-state index is 12.6. The summed E-state index contributed by atoms with van der Waals surface area (Å²) in [6, 6.07) is 10.7. The largest absolute Gasteiger partial charge is 0.457 e. The zero-order chi connectivity index (χ0) is 21.6. The summed E-state index contributed by atoms with van der Waals surface area (Å²) < 4.78 is 32.5. The van der Waals surface area contributed by atoms with Gasteiger partial charge in [0.15, 0.2) is 12.4 Å². The predicted octanol–water partition coefficient (Wildman–Crippen LogP) is 3.27. The molecule has 0 saturated carbocycles. The molecule has 0 radical (unpaired) electrons. The lowest BCUT2D eigenvalue weighted by atomic mass is 10.1. The number of carbonyl (C=O) groups is 2. The van der Waals surface area contributed by atoms with Gasteiger partial charge in [0, 0.05) is 12.1 Å². The van der Waals surface area contributed by atoms with Gasteiger partial charge in [-0.3, -0.25) is 9.59 Å². The number of Topliss-reactive ketones (excluding diaryl/α,β-unsaturated/α-hetero) is 1. The molecule has 0 bridgehead atoms. The molecule has 6 nitrogen and oxygen atoms in total. The minimum absolute atomic E-state index is 0.104. The first-order valence-electron chi connectivity index (χ1n) is 9.49. The van der Waals surface area contributed by atoms with E-state index in [2.05, 4.69) is 4.72 Å². The maximum Gasteiger partial charge on any atom is 0.307 e. The van der Waals surface area contributed by atoms with Gasteiger partial charge >= 0.3 is 5.97 Å². The number of ketones is 1. The van der Waals surface area contributed by atoms with E-state index in [0.29, 0.717) is 16.7 Å². The molecule has 7 heteroatoms. The second-order valence-corrected chi connectivity index (χ2v) is 8.71. The van der Waals surface area contributed by atoms with Crippen LogP contribution in [0.3, 0.4) is 0 Å². The lowest BCUT2D eigenvalue weighted by Gasteiger charge is -2.13. The fraction of sp³-hybridized carbons (Fsp3) is 0.364. The van der Waals surface area contributed by atoms with E-state index in [9.17, 15) is 18.0 Å². The van der Waals surface area contributed by atoms with Crippen LogP contribution in [0.5, 0.6) is 0 Å². The molecular formula is C22H27NO5S. The number of rotatable bonds is 9. The summed E-state index contributed by atoms with van der Waals surface area (Å²) in [5, 5.41) is 0. The Balaban J connectivity index is 1.85. The summed E-state index contributed by atoms with van der Waals surface area (Å²) in [5.41, 5.74) is 3.87. The van der Waals surface area contributed by atoms with Crippen molar-refractivity contribution >= 4 is 21.8 Å². The van der Waals surface area contributed by atoms with Gasteiger partial charge in [0.2, 0.25) is 10.0 Å². The first kappa shape index (κ1) is 22.8. The third-order valence-corrected chi connectivity index (χ3v) is 6.31. The Labute approximate surface area is 172 Å². The van der Waals surface area contributed by atoms with Gasteiger partial charge in [0.1, 0.15) is 0 Å².